The molecule has 1 heterocycles. The van der Waals surface area contributed by atoms with Crippen LogP contribution in [0.1, 0.15) is 32.6 Å². The van der Waals surface area contributed by atoms with Crippen LogP contribution in [0.25, 0.3) is 0 Å². The molecule has 1 saturated heterocycles. The van der Waals surface area contributed by atoms with Crippen molar-refractivity contribution in [2.75, 3.05) is 26.7 Å². The normalized spacial score (nSPS) is 18.5. The van der Waals surface area contributed by atoms with Crippen molar-refractivity contribution in [3.05, 3.63) is 0 Å². The Morgan fingerprint density at radius 3 is 2.53 bits per heavy atom. The minimum Gasteiger partial charge on any atom is -0.329 e. The molecule has 1 rings (SSSR count). The molecule has 0 saturated carbocycles. The Labute approximate surface area is 97.4 Å². The van der Waals surface area contributed by atoms with Gasteiger partial charge in [0.2, 0.25) is 0 Å². The average molecular weight is 233 g/mol. The van der Waals surface area contributed by atoms with E-state index in [0.29, 0.717) is 6.04 Å². The van der Waals surface area contributed by atoms with Crippen LogP contribution in [0.5, 0.6) is 0 Å². The Balaban J connectivity index is 2.27. The van der Waals surface area contributed by atoms with Crippen LogP contribution in [0.2, 0.25) is 0 Å². The smallest absolute Gasteiger partial charge is 0.316 e. The Morgan fingerprint density at radius 1 is 1.47 bits per heavy atom. The molecule has 1 amide bonds. The number of nitrogens with zero attached hydrogens (tertiary/aromatic N) is 2. The molecule has 1 fully saturated rings. The zero-order valence-corrected chi connectivity index (χ0v) is 10.5. The van der Waals surface area contributed by atoms with E-state index >= 15 is 0 Å². The fourth-order valence-corrected chi connectivity index (χ4v) is 2.24. The van der Waals surface area contributed by atoms with Crippen molar-refractivity contribution in [2.45, 2.75) is 38.6 Å². The van der Waals surface area contributed by atoms with Gasteiger partial charge in [0.15, 0.2) is 0 Å². The number of hydrogen-bond acceptors (Lipinski definition) is 2. The fraction of sp³-hybridized carbons (Fsp3) is 0.909. The lowest BCUT2D eigenvalue weighted by Crippen LogP contribution is -2.44. The monoisotopic (exact) mass is 232 g/mol. The third-order valence-corrected chi connectivity index (χ3v) is 3.44. The van der Waals surface area contributed by atoms with Crippen molar-refractivity contribution in [2.24, 2.45) is 0 Å². The molecule has 4 heteroatoms. The van der Waals surface area contributed by atoms with E-state index in [9.17, 15) is 4.79 Å². The minimum absolute atomic E-state index is 0.301. The standard InChI is InChI=1S/C11H21ClN2O/c1-3-4-7-13(2)10-5-8-14(9-6-10)11(12)15/h10H,3-9H2,1-2H3. The lowest BCUT2D eigenvalue weighted by Gasteiger charge is -2.35. The number of halogens is 1. The zero-order valence-electron chi connectivity index (χ0n) is 9.71. The van der Waals surface area contributed by atoms with Crippen LogP contribution in [0.15, 0.2) is 0 Å². The van der Waals surface area contributed by atoms with Crippen LogP contribution in [0, 0.1) is 0 Å². The van der Waals surface area contributed by atoms with E-state index in [1.165, 1.54) is 12.8 Å². The lowest BCUT2D eigenvalue weighted by molar-refractivity contribution is 0.144. The Morgan fingerprint density at radius 2 is 2.07 bits per heavy atom. The first-order valence-corrected chi connectivity index (χ1v) is 6.17. The van der Waals surface area contributed by atoms with Crippen LogP contribution < -0.4 is 0 Å². The maximum Gasteiger partial charge on any atom is 0.316 e. The molecule has 88 valence electrons. The van der Waals surface area contributed by atoms with Gasteiger partial charge in [-0.25, -0.2) is 0 Å². The fourth-order valence-electron chi connectivity index (χ4n) is 2.07. The summed E-state index contributed by atoms with van der Waals surface area (Å²) in [6.45, 7) is 4.99. The summed E-state index contributed by atoms with van der Waals surface area (Å²) < 4.78 is 0. The molecule has 0 aromatic carbocycles. The highest BCUT2D eigenvalue weighted by Gasteiger charge is 2.23. The second-order valence-electron chi connectivity index (χ2n) is 4.31. The van der Waals surface area contributed by atoms with Crippen molar-refractivity contribution >= 4 is 17.0 Å². The highest BCUT2D eigenvalue weighted by Crippen LogP contribution is 2.16. The maximum absolute atomic E-state index is 10.9. The molecular weight excluding hydrogens is 212 g/mol. The third kappa shape index (κ3) is 3.99. The highest BCUT2D eigenvalue weighted by atomic mass is 35.5. The van der Waals surface area contributed by atoms with E-state index in [-0.39, 0.29) is 5.37 Å². The molecule has 0 aliphatic carbocycles. The van der Waals surface area contributed by atoms with Gasteiger partial charge >= 0.3 is 5.37 Å². The van der Waals surface area contributed by atoms with Crippen LogP contribution in [0.4, 0.5) is 4.79 Å². The highest BCUT2D eigenvalue weighted by molar-refractivity contribution is 6.62. The summed E-state index contributed by atoms with van der Waals surface area (Å²) in [6, 6.07) is 0.629. The summed E-state index contributed by atoms with van der Waals surface area (Å²) in [5, 5.41) is -0.301. The lowest BCUT2D eigenvalue weighted by atomic mass is 10.0. The number of amides is 1. The molecule has 0 aromatic heterocycles. The second-order valence-corrected chi connectivity index (χ2v) is 4.63. The molecule has 1 aliphatic rings. The molecule has 15 heavy (non-hydrogen) atoms. The van der Waals surface area contributed by atoms with Gasteiger partial charge in [0.1, 0.15) is 0 Å². The van der Waals surface area contributed by atoms with Crippen LogP contribution in [-0.2, 0) is 0 Å². The number of hydrogen-bond donors (Lipinski definition) is 0. The summed E-state index contributed by atoms with van der Waals surface area (Å²) in [4.78, 5) is 15.1. The largest absolute Gasteiger partial charge is 0.329 e. The summed E-state index contributed by atoms with van der Waals surface area (Å²) in [5.74, 6) is 0. The van der Waals surface area contributed by atoms with E-state index in [0.717, 1.165) is 32.5 Å². The van der Waals surface area contributed by atoms with Crippen molar-refractivity contribution in [3.63, 3.8) is 0 Å². The summed E-state index contributed by atoms with van der Waals surface area (Å²) >= 11 is 5.44. The zero-order chi connectivity index (χ0) is 11.3. The predicted octanol–water partition coefficient (Wildman–Crippen LogP) is 2.54. The molecule has 0 radical (unpaired) electrons. The van der Waals surface area contributed by atoms with Gasteiger partial charge < -0.3 is 9.80 Å². The van der Waals surface area contributed by atoms with Crippen molar-refractivity contribution in [3.8, 4) is 0 Å². The average Bonchev–Trinajstić information content (AvgIpc) is 2.26. The first-order chi connectivity index (χ1) is 7.15. The van der Waals surface area contributed by atoms with Gasteiger partial charge in [-0.05, 0) is 44.5 Å². The molecule has 0 N–H and O–H groups in total. The van der Waals surface area contributed by atoms with Gasteiger partial charge in [-0.15, -0.1) is 0 Å². The number of carbonyl (C=O) groups excluding carboxylic acids is 1. The van der Waals surface area contributed by atoms with Crippen molar-refractivity contribution in [1.82, 2.24) is 9.80 Å². The number of likely N-dealkylation sites (tertiary alicyclic amines) is 1. The molecule has 3 nitrogen and oxygen atoms in total. The van der Waals surface area contributed by atoms with Gasteiger partial charge in [0, 0.05) is 19.1 Å². The molecule has 0 aromatic rings. The Hall–Kier alpha value is -0.280. The molecular formula is C11H21ClN2O. The van der Waals surface area contributed by atoms with Gasteiger partial charge in [-0.1, -0.05) is 13.3 Å². The Kier molecular flexibility index (Phi) is 5.40. The number of rotatable bonds is 4. The first kappa shape index (κ1) is 12.8. The molecule has 0 unspecified atom stereocenters. The predicted molar refractivity (Wildman–Crippen MR) is 63.4 cm³/mol. The van der Waals surface area contributed by atoms with Crippen molar-refractivity contribution in [1.29, 1.82) is 0 Å². The van der Waals surface area contributed by atoms with Crippen LogP contribution in [-0.4, -0.2) is 47.9 Å². The minimum atomic E-state index is -0.301. The Bertz CT molecular complexity index is 203. The molecule has 0 spiro atoms. The van der Waals surface area contributed by atoms with E-state index in [4.69, 9.17) is 11.6 Å². The topological polar surface area (TPSA) is 23.6 Å². The first-order valence-electron chi connectivity index (χ1n) is 5.79. The van der Waals surface area contributed by atoms with E-state index in [1.807, 2.05) is 0 Å². The second kappa shape index (κ2) is 6.33. The van der Waals surface area contributed by atoms with E-state index in [2.05, 4.69) is 18.9 Å². The van der Waals surface area contributed by atoms with E-state index < -0.39 is 0 Å². The summed E-state index contributed by atoms with van der Waals surface area (Å²) in [7, 11) is 2.18. The quantitative estimate of drug-likeness (QED) is 0.550. The van der Waals surface area contributed by atoms with E-state index in [1.54, 1.807) is 4.90 Å². The molecule has 0 bridgehead atoms. The molecule has 1 aliphatic heterocycles. The van der Waals surface area contributed by atoms with Crippen LogP contribution in [0.3, 0.4) is 0 Å². The number of carbonyl (C=O) groups is 1. The van der Waals surface area contributed by atoms with Gasteiger partial charge in [-0.2, -0.15) is 0 Å². The van der Waals surface area contributed by atoms with Gasteiger partial charge in [0.25, 0.3) is 0 Å². The SMILES string of the molecule is CCCCN(C)C1CCN(C(=O)Cl)CC1. The summed E-state index contributed by atoms with van der Waals surface area (Å²) in [6.07, 6.45) is 4.60. The number of unbranched alkanes of at least 4 members (excludes halogenated alkanes) is 1. The maximum atomic E-state index is 10.9. The third-order valence-electron chi connectivity index (χ3n) is 3.20. The number of piperidine rings is 1. The van der Waals surface area contributed by atoms with Gasteiger partial charge in [0.05, 0.1) is 0 Å². The van der Waals surface area contributed by atoms with Crippen molar-refractivity contribution < 1.29 is 4.79 Å². The van der Waals surface area contributed by atoms with Gasteiger partial charge in [-0.3, -0.25) is 4.79 Å². The van der Waals surface area contributed by atoms with Crippen LogP contribution >= 0.6 is 11.6 Å². The summed E-state index contributed by atoms with van der Waals surface area (Å²) in [5.41, 5.74) is 0. The molecule has 0 atom stereocenters.